The fourth-order valence-electron chi connectivity index (χ4n) is 4.48. The van der Waals surface area contributed by atoms with E-state index in [0.717, 1.165) is 29.6 Å². The van der Waals surface area contributed by atoms with Crippen molar-refractivity contribution in [3.8, 4) is 11.4 Å². The number of hydrogen-bond donors (Lipinski definition) is 0. The van der Waals surface area contributed by atoms with Crippen LogP contribution < -0.4 is 4.90 Å². The molecule has 2 aliphatic heterocycles. The smallest absolute Gasteiger partial charge is 0.409 e. The Hall–Kier alpha value is -3.10. The van der Waals surface area contributed by atoms with Crippen molar-refractivity contribution in [2.24, 2.45) is 11.8 Å². The molecule has 0 N–H and O–H groups in total. The third-order valence-corrected chi connectivity index (χ3v) is 5.95. The number of amides is 1. The number of rotatable bonds is 3. The molecule has 4 heterocycles. The van der Waals surface area contributed by atoms with Crippen molar-refractivity contribution in [1.29, 1.82) is 0 Å². The molecular formula is C20H24N6O3. The number of likely N-dealkylation sites (tertiary alicyclic amines) is 1. The number of hydrogen-bond acceptors (Lipinski definition) is 7. The summed E-state index contributed by atoms with van der Waals surface area (Å²) in [6, 6.07) is 6.91. The molecule has 9 heteroatoms. The first-order valence-electron chi connectivity index (χ1n) is 9.92. The Bertz CT molecular complexity index is 1040. The Morgan fingerprint density at radius 3 is 2.66 bits per heavy atom. The number of benzene rings is 1. The van der Waals surface area contributed by atoms with Crippen LogP contribution in [0.15, 0.2) is 28.9 Å². The summed E-state index contributed by atoms with van der Waals surface area (Å²) in [4.78, 5) is 20.3. The molecule has 2 aliphatic rings. The Morgan fingerprint density at radius 1 is 1.21 bits per heavy atom. The van der Waals surface area contributed by atoms with Crippen molar-refractivity contribution in [2.45, 2.75) is 19.9 Å². The predicted octanol–water partition coefficient (Wildman–Crippen LogP) is 2.80. The average Bonchev–Trinajstić information content (AvgIpc) is 3.47. The number of ether oxygens (including phenoxy) is 1. The summed E-state index contributed by atoms with van der Waals surface area (Å²) in [5, 5.41) is 9.76. The third kappa shape index (κ3) is 3.01. The van der Waals surface area contributed by atoms with Gasteiger partial charge in [-0.15, -0.1) is 0 Å². The van der Waals surface area contributed by atoms with E-state index in [0.29, 0.717) is 36.8 Å². The van der Waals surface area contributed by atoms with E-state index in [1.807, 2.05) is 23.0 Å². The molecule has 1 amide bonds. The fourth-order valence-corrected chi connectivity index (χ4v) is 4.48. The van der Waals surface area contributed by atoms with E-state index >= 15 is 0 Å². The molecule has 0 bridgehead atoms. The number of aromatic nitrogens is 4. The van der Waals surface area contributed by atoms with Crippen LogP contribution in [0.4, 0.5) is 10.8 Å². The monoisotopic (exact) mass is 396 g/mol. The van der Waals surface area contributed by atoms with E-state index < -0.39 is 0 Å². The van der Waals surface area contributed by atoms with Gasteiger partial charge in [-0.05, 0) is 19.9 Å². The minimum atomic E-state index is -0.248. The van der Waals surface area contributed by atoms with Gasteiger partial charge >= 0.3 is 12.1 Å². The molecule has 2 atom stereocenters. The van der Waals surface area contributed by atoms with Crippen LogP contribution in [0.25, 0.3) is 22.3 Å². The topological polar surface area (TPSA) is 89.5 Å². The molecule has 0 saturated carbocycles. The molecule has 2 saturated heterocycles. The number of methoxy groups -OCH3 is 1. The minimum Gasteiger partial charge on any atom is -0.453 e. The lowest BCUT2D eigenvalue weighted by Gasteiger charge is -2.19. The summed E-state index contributed by atoms with van der Waals surface area (Å²) < 4.78 is 12.4. The molecule has 1 aromatic carbocycles. The zero-order valence-corrected chi connectivity index (χ0v) is 16.8. The number of fused-ring (bicyclic) bond motifs is 2. The van der Waals surface area contributed by atoms with Crippen LogP contribution >= 0.6 is 0 Å². The molecule has 0 aliphatic carbocycles. The highest BCUT2D eigenvalue weighted by Crippen LogP contribution is 2.34. The second-order valence-corrected chi connectivity index (χ2v) is 8.16. The van der Waals surface area contributed by atoms with E-state index in [2.05, 4.69) is 40.1 Å². The molecule has 2 fully saturated rings. The lowest BCUT2D eigenvalue weighted by atomic mass is 10.0. The second-order valence-electron chi connectivity index (χ2n) is 8.16. The quantitative estimate of drug-likeness (QED) is 0.672. The molecule has 5 rings (SSSR count). The molecule has 2 unspecified atom stereocenters. The van der Waals surface area contributed by atoms with Crippen LogP contribution in [0.1, 0.15) is 19.9 Å². The molecular weight excluding hydrogens is 372 g/mol. The lowest BCUT2D eigenvalue weighted by Crippen LogP contribution is -2.33. The van der Waals surface area contributed by atoms with Crippen molar-refractivity contribution in [2.75, 3.05) is 38.2 Å². The van der Waals surface area contributed by atoms with Gasteiger partial charge in [-0.1, -0.05) is 17.3 Å². The van der Waals surface area contributed by atoms with Gasteiger partial charge in [-0.2, -0.15) is 10.1 Å². The zero-order valence-electron chi connectivity index (χ0n) is 16.8. The zero-order chi connectivity index (χ0) is 20.1. The van der Waals surface area contributed by atoms with Gasteiger partial charge in [0.15, 0.2) is 0 Å². The van der Waals surface area contributed by atoms with Crippen LogP contribution in [0.5, 0.6) is 0 Å². The molecule has 3 aromatic rings. The third-order valence-electron chi connectivity index (χ3n) is 5.95. The lowest BCUT2D eigenvalue weighted by molar-refractivity contribution is 0.130. The summed E-state index contributed by atoms with van der Waals surface area (Å²) >= 11 is 0. The summed E-state index contributed by atoms with van der Waals surface area (Å²) in [6.07, 6.45) is 1.63. The first kappa shape index (κ1) is 18.0. The minimum absolute atomic E-state index is 0.248. The number of carbonyl (C=O) groups excluding carboxylic acids is 1. The Morgan fingerprint density at radius 2 is 1.97 bits per heavy atom. The van der Waals surface area contributed by atoms with Crippen LogP contribution in [0, 0.1) is 11.8 Å². The fraction of sp³-hybridized carbons (Fsp3) is 0.500. The van der Waals surface area contributed by atoms with Crippen molar-refractivity contribution in [1.82, 2.24) is 24.8 Å². The molecule has 0 radical (unpaired) electrons. The predicted molar refractivity (Wildman–Crippen MR) is 107 cm³/mol. The number of carbonyl (C=O) groups is 1. The first-order chi connectivity index (χ1) is 14.0. The Kier molecular flexibility index (Phi) is 4.18. The maximum Gasteiger partial charge on any atom is 0.409 e. The van der Waals surface area contributed by atoms with Crippen molar-refractivity contribution in [3.63, 3.8) is 0 Å². The van der Waals surface area contributed by atoms with Crippen LogP contribution in [-0.2, 0) is 4.74 Å². The van der Waals surface area contributed by atoms with E-state index in [4.69, 9.17) is 9.26 Å². The van der Waals surface area contributed by atoms with Crippen LogP contribution in [0.3, 0.4) is 0 Å². The van der Waals surface area contributed by atoms with Crippen molar-refractivity contribution in [3.05, 3.63) is 24.4 Å². The molecule has 9 nitrogen and oxygen atoms in total. The SMILES string of the molecule is COC(=O)N1CC2CN(c3nc(-c4ccc5cnn(C(C)C)c5c4)no3)CC2C1. The van der Waals surface area contributed by atoms with Gasteiger partial charge in [0.2, 0.25) is 5.82 Å². The average molecular weight is 396 g/mol. The van der Waals surface area contributed by atoms with E-state index in [9.17, 15) is 4.79 Å². The van der Waals surface area contributed by atoms with Gasteiger partial charge in [0.25, 0.3) is 0 Å². The standard InChI is InChI=1S/C20H24N6O3/c1-12(2)26-17-6-13(4-5-14(17)7-21-26)18-22-19(29-23-18)24-8-15-10-25(20(27)28-3)11-16(15)9-24/h4-7,12,15-16H,8-11H2,1-3H3. The highest BCUT2D eigenvalue weighted by atomic mass is 16.5. The van der Waals surface area contributed by atoms with Gasteiger partial charge in [-0.25, -0.2) is 4.79 Å². The normalized spacial score (nSPS) is 21.4. The first-order valence-corrected chi connectivity index (χ1v) is 9.92. The van der Waals surface area contributed by atoms with E-state index in [1.54, 1.807) is 4.90 Å². The van der Waals surface area contributed by atoms with Crippen molar-refractivity contribution < 1.29 is 14.1 Å². The van der Waals surface area contributed by atoms with Crippen LogP contribution in [-0.4, -0.2) is 64.2 Å². The van der Waals surface area contributed by atoms with Gasteiger partial charge in [0.05, 0.1) is 18.8 Å². The second kappa shape index (κ2) is 6.75. The van der Waals surface area contributed by atoms with Gasteiger partial charge in [0.1, 0.15) is 0 Å². The largest absolute Gasteiger partial charge is 0.453 e. The van der Waals surface area contributed by atoms with Crippen molar-refractivity contribution >= 4 is 23.0 Å². The van der Waals surface area contributed by atoms with E-state index in [-0.39, 0.29) is 12.1 Å². The molecule has 29 heavy (non-hydrogen) atoms. The summed E-state index contributed by atoms with van der Waals surface area (Å²) in [6.45, 7) is 7.25. The maximum atomic E-state index is 11.7. The molecule has 0 spiro atoms. The summed E-state index contributed by atoms with van der Waals surface area (Å²) in [5.74, 6) is 1.38. The summed E-state index contributed by atoms with van der Waals surface area (Å²) in [7, 11) is 1.42. The molecule has 152 valence electrons. The highest BCUT2D eigenvalue weighted by Gasteiger charge is 2.43. The summed E-state index contributed by atoms with van der Waals surface area (Å²) in [5.41, 5.74) is 1.97. The Labute approximate surface area is 168 Å². The highest BCUT2D eigenvalue weighted by molar-refractivity contribution is 5.83. The molecule has 2 aromatic heterocycles. The Balaban J connectivity index is 1.34. The van der Waals surface area contributed by atoms with Gasteiger partial charge in [-0.3, -0.25) is 4.68 Å². The maximum absolute atomic E-state index is 11.7. The number of nitrogens with zero attached hydrogens (tertiary/aromatic N) is 6. The van der Waals surface area contributed by atoms with Gasteiger partial charge < -0.3 is 19.1 Å². The van der Waals surface area contributed by atoms with Crippen LogP contribution in [0.2, 0.25) is 0 Å². The van der Waals surface area contributed by atoms with Gasteiger partial charge in [0, 0.05) is 55.0 Å². The van der Waals surface area contributed by atoms with E-state index in [1.165, 1.54) is 7.11 Å². The number of anilines is 1.